The lowest BCUT2D eigenvalue weighted by atomic mass is 9.96. The minimum atomic E-state index is -0.367. The third kappa shape index (κ3) is 4.31. The summed E-state index contributed by atoms with van der Waals surface area (Å²) < 4.78 is 18.8. The van der Waals surface area contributed by atoms with Crippen molar-refractivity contribution in [3.8, 4) is 0 Å². The van der Waals surface area contributed by atoms with Gasteiger partial charge in [-0.2, -0.15) is 4.98 Å². The summed E-state index contributed by atoms with van der Waals surface area (Å²) in [5, 5.41) is 7.15. The van der Waals surface area contributed by atoms with Crippen LogP contribution in [0.25, 0.3) is 0 Å². The molecule has 0 spiro atoms. The van der Waals surface area contributed by atoms with E-state index in [4.69, 9.17) is 4.52 Å². The summed E-state index contributed by atoms with van der Waals surface area (Å²) in [6.45, 7) is 9.07. The van der Waals surface area contributed by atoms with Gasteiger partial charge in [0.25, 0.3) is 5.91 Å². The van der Waals surface area contributed by atoms with Crippen molar-refractivity contribution in [1.29, 1.82) is 0 Å². The first-order chi connectivity index (χ1) is 14.7. The third-order valence-electron chi connectivity index (χ3n) is 5.58. The van der Waals surface area contributed by atoms with E-state index in [1.807, 2.05) is 12.1 Å². The lowest BCUT2D eigenvalue weighted by Gasteiger charge is -2.35. The first-order valence-corrected chi connectivity index (χ1v) is 10.5. The van der Waals surface area contributed by atoms with Gasteiger partial charge in [-0.05, 0) is 61.7 Å². The maximum absolute atomic E-state index is 13.2. The average Bonchev–Trinajstić information content (AvgIpc) is 3.24. The van der Waals surface area contributed by atoms with Crippen molar-refractivity contribution in [2.24, 2.45) is 0 Å². The number of rotatable bonds is 4. The number of hydrogen-bond donors (Lipinski definition) is 1. The van der Waals surface area contributed by atoms with Crippen LogP contribution in [-0.2, 0) is 11.8 Å². The molecule has 0 radical (unpaired) electrons. The minimum Gasteiger partial charge on any atom is -0.359 e. The molecule has 0 unspecified atom stereocenters. The normalized spacial score (nSPS) is 14.8. The van der Waals surface area contributed by atoms with Crippen LogP contribution in [-0.4, -0.2) is 22.6 Å². The Bertz CT molecular complexity index is 1090. The summed E-state index contributed by atoms with van der Waals surface area (Å²) in [7, 11) is 0. The van der Waals surface area contributed by atoms with Gasteiger partial charge in [-0.15, -0.1) is 0 Å². The maximum atomic E-state index is 13.2. The molecule has 1 atom stereocenters. The van der Waals surface area contributed by atoms with Crippen molar-refractivity contribution in [2.45, 2.75) is 52.0 Å². The SMILES string of the molecule is C[C@H](c1nc(C(C)(C)C)no1)N1CCCc2c(NC(=O)c3ccc(F)cc3)cccc21. The lowest BCUT2D eigenvalue weighted by Crippen LogP contribution is -2.33. The number of anilines is 2. The van der Waals surface area contributed by atoms with Gasteiger partial charge in [0.15, 0.2) is 5.82 Å². The van der Waals surface area contributed by atoms with Gasteiger partial charge in [0, 0.05) is 28.9 Å². The van der Waals surface area contributed by atoms with Gasteiger partial charge in [0.1, 0.15) is 11.9 Å². The van der Waals surface area contributed by atoms with E-state index in [0.29, 0.717) is 17.3 Å². The summed E-state index contributed by atoms with van der Waals surface area (Å²) in [5.41, 5.74) is 3.13. The number of nitrogens with one attached hydrogen (secondary N) is 1. The molecule has 2 aromatic carbocycles. The summed E-state index contributed by atoms with van der Waals surface area (Å²) in [6.07, 6.45) is 1.80. The van der Waals surface area contributed by atoms with Crippen molar-refractivity contribution >= 4 is 17.3 Å². The maximum Gasteiger partial charge on any atom is 0.255 e. The first-order valence-electron chi connectivity index (χ1n) is 10.5. The fourth-order valence-corrected chi connectivity index (χ4v) is 3.81. The first kappa shape index (κ1) is 21.0. The van der Waals surface area contributed by atoms with E-state index in [1.54, 1.807) is 0 Å². The Labute approximate surface area is 181 Å². The number of halogens is 1. The number of carbonyl (C=O) groups excluding carboxylic acids is 1. The molecule has 0 aliphatic carbocycles. The van der Waals surface area contributed by atoms with Crippen molar-refractivity contribution in [3.63, 3.8) is 0 Å². The summed E-state index contributed by atoms with van der Waals surface area (Å²) >= 11 is 0. The van der Waals surface area contributed by atoms with Crippen LogP contribution in [0.1, 0.15) is 67.8 Å². The van der Waals surface area contributed by atoms with Gasteiger partial charge in [0.05, 0.1) is 0 Å². The van der Waals surface area contributed by atoms with Gasteiger partial charge in [-0.3, -0.25) is 4.79 Å². The van der Waals surface area contributed by atoms with E-state index in [2.05, 4.69) is 54.1 Å². The van der Waals surface area contributed by atoms with E-state index in [9.17, 15) is 9.18 Å². The van der Waals surface area contributed by atoms with Gasteiger partial charge in [-0.25, -0.2) is 4.39 Å². The second kappa shape index (κ2) is 8.13. The van der Waals surface area contributed by atoms with E-state index < -0.39 is 0 Å². The molecule has 1 amide bonds. The number of amides is 1. The molecule has 2 heterocycles. The van der Waals surface area contributed by atoms with Gasteiger partial charge < -0.3 is 14.7 Å². The number of hydrogen-bond acceptors (Lipinski definition) is 5. The predicted octanol–water partition coefficient (Wildman–Crippen LogP) is 5.27. The van der Waals surface area contributed by atoms with E-state index in [1.165, 1.54) is 24.3 Å². The molecule has 0 saturated carbocycles. The molecule has 7 heteroatoms. The fourth-order valence-electron chi connectivity index (χ4n) is 3.81. The molecule has 0 fully saturated rings. The third-order valence-corrected chi connectivity index (χ3v) is 5.58. The zero-order chi connectivity index (χ0) is 22.2. The van der Waals surface area contributed by atoms with Crippen LogP contribution in [0.4, 0.5) is 15.8 Å². The van der Waals surface area contributed by atoms with Crippen LogP contribution in [0.15, 0.2) is 47.0 Å². The Balaban J connectivity index is 1.60. The smallest absolute Gasteiger partial charge is 0.255 e. The van der Waals surface area contributed by atoms with Crippen LogP contribution in [0.3, 0.4) is 0 Å². The summed E-state index contributed by atoms with van der Waals surface area (Å²) in [5.74, 6) is 0.643. The van der Waals surface area contributed by atoms with E-state index in [0.717, 1.165) is 36.3 Å². The van der Waals surface area contributed by atoms with Gasteiger partial charge in [-0.1, -0.05) is 32.0 Å². The van der Waals surface area contributed by atoms with Gasteiger partial charge in [0.2, 0.25) is 5.89 Å². The molecule has 0 saturated heterocycles. The zero-order valence-electron chi connectivity index (χ0n) is 18.3. The van der Waals surface area contributed by atoms with Crippen molar-refractivity contribution in [2.75, 3.05) is 16.8 Å². The molecule has 3 aromatic rings. The molecule has 162 valence electrons. The second-order valence-electron chi connectivity index (χ2n) is 8.94. The zero-order valence-corrected chi connectivity index (χ0v) is 18.3. The molecular formula is C24H27FN4O2. The summed E-state index contributed by atoms with van der Waals surface area (Å²) in [4.78, 5) is 19.5. The van der Waals surface area contributed by atoms with Crippen LogP contribution in [0.5, 0.6) is 0 Å². The quantitative estimate of drug-likeness (QED) is 0.620. The average molecular weight is 423 g/mol. The topological polar surface area (TPSA) is 71.3 Å². The molecular weight excluding hydrogens is 395 g/mol. The highest BCUT2D eigenvalue weighted by Gasteiger charge is 2.29. The van der Waals surface area contributed by atoms with Crippen LogP contribution < -0.4 is 10.2 Å². The highest BCUT2D eigenvalue weighted by atomic mass is 19.1. The van der Waals surface area contributed by atoms with Crippen molar-refractivity contribution in [1.82, 2.24) is 10.1 Å². The molecule has 31 heavy (non-hydrogen) atoms. The Morgan fingerprint density at radius 3 is 2.61 bits per heavy atom. The molecule has 4 rings (SSSR count). The minimum absolute atomic E-state index is 0.0919. The van der Waals surface area contributed by atoms with Crippen molar-refractivity contribution < 1.29 is 13.7 Å². The molecule has 0 bridgehead atoms. The van der Waals surface area contributed by atoms with Crippen LogP contribution in [0.2, 0.25) is 0 Å². The Hall–Kier alpha value is -3.22. The Morgan fingerprint density at radius 1 is 1.19 bits per heavy atom. The lowest BCUT2D eigenvalue weighted by molar-refractivity contribution is 0.102. The number of aromatic nitrogens is 2. The fraction of sp³-hybridized carbons (Fsp3) is 0.375. The molecule has 1 aliphatic rings. The standard InChI is InChI=1S/C24H27FN4O2/c1-15(22-27-23(28-31-22)24(2,3)4)29-14-6-7-18-19(8-5-9-20(18)29)26-21(30)16-10-12-17(25)13-11-16/h5,8-13,15H,6-7,14H2,1-4H3,(H,26,30)/t15-/m1/s1. The van der Waals surface area contributed by atoms with E-state index >= 15 is 0 Å². The van der Waals surface area contributed by atoms with Crippen LogP contribution in [0, 0.1) is 5.82 Å². The second-order valence-corrected chi connectivity index (χ2v) is 8.94. The Morgan fingerprint density at radius 2 is 1.94 bits per heavy atom. The molecule has 1 aliphatic heterocycles. The molecule has 6 nitrogen and oxygen atoms in total. The van der Waals surface area contributed by atoms with Gasteiger partial charge >= 0.3 is 0 Å². The van der Waals surface area contributed by atoms with Crippen molar-refractivity contribution in [3.05, 3.63) is 71.1 Å². The molecule has 1 N–H and O–H groups in total. The predicted molar refractivity (Wildman–Crippen MR) is 118 cm³/mol. The highest BCUT2D eigenvalue weighted by Crippen LogP contribution is 2.37. The molecule has 1 aromatic heterocycles. The number of nitrogens with zero attached hydrogens (tertiary/aromatic N) is 3. The number of fused-ring (bicyclic) bond motifs is 1. The summed E-state index contributed by atoms with van der Waals surface area (Å²) in [6, 6.07) is 11.3. The monoisotopic (exact) mass is 422 g/mol. The van der Waals surface area contributed by atoms with E-state index in [-0.39, 0.29) is 23.2 Å². The Kier molecular flexibility index (Phi) is 5.52. The highest BCUT2D eigenvalue weighted by molar-refractivity contribution is 6.05. The number of benzene rings is 2. The largest absolute Gasteiger partial charge is 0.359 e. The number of carbonyl (C=O) groups is 1. The van der Waals surface area contributed by atoms with Crippen LogP contribution >= 0.6 is 0 Å².